The van der Waals surface area contributed by atoms with Gasteiger partial charge in [0.1, 0.15) is 12.0 Å². The summed E-state index contributed by atoms with van der Waals surface area (Å²) in [6.45, 7) is 8.95. The van der Waals surface area contributed by atoms with Crippen molar-refractivity contribution in [3.8, 4) is 0 Å². The van der Waals surface area contributed by atoms with Gasteiger partial charge >= 0.3 is 0 Å². The van der Waals surface area contributed by atoms with Crippen LogP contribution in [0.25, 0.3) is 0 Å². The Labute approximate surface area is 156 Å². The summed E-state index contributed by atoms with van der Waals surface area (Å²) in [5.74, 6) is 1.41. The maximum atomic E-state index is 6.43. The van der Waals surface area contributed by atoms with Gasteiger partial charge in [-0.15, -0.1) is 0 Å². The van der Waals surface area contributed by atoms with Crippen molar-refractivity contribution in [2.75, 3.05) is 23.0 Å². The van der Waals surface area contributed by atoms with E-state index in [1.807, 2.05) is 42.3 Å². The van der Waals surface area contributed by atoms with Gasteiger partial charge in [-0.3, -0.25) is 0 Å². The first kappa shape index (κ1) is 18.5. The van der Waals surface area contributed by atoms with Crippen LogP contribution in [0.4, 0.5) is 23.0 Å². The molecule has 0 atom stereocenters. The van der Waals surface area contributed by atoms with Crippen LogP contribution < -0.4 is 21.3 Å². The van der Waals surface area contributed by atoms with Gasteiger partial charge in [-0.2, -0.15) is 0 Å². The summed E-state index contributed by atoms with van der Waals surface area (Å²) in [6, 6.07) is 10.4. The Morgan fingerprint density at radius 1 is 1.08 bits per heavy atom. The molecule has 0 unspecified atom stereocenters. The molecule has 1 fully saturated rings. The smallest absolute Gasteiger partial charge is 0.161 e. The number of hydrogen-bond acceptors (Lipinski definition) is 6. The monoisotopic (exact) mass is 354 g/mol. The Bertz CT molecular complexity index is 740. The molecule has 4 N–H and O–H groups in total. The van der Waals surface area contributed by atoms with E-state index in [2.05, 4.69) is 48.3 Å². The first-order valence-corrected chi connectivity index (χ1v) is 9.12. The molecule has 2 aromatic rings. The van der Waals surface area contributed by atoms with Gasteiger partial charge in [-0.1, -0.05) is 18.2 Å². The standard InChI is InChI=1S/C20H30N6/c1-19(2)11-14(12-20(3,4)25-19)24-17-16(21)18(23-13-22-17)26(5)15-9-7-6-8-10-15/h6-10,13-14,25H,11-12,21H2,1-5H3,(H,22,23,24). The second-order valence-electron chi connectivity index (χ2n) is 8.50. The summed E-state index contributed by atoms with van der Waals surface area (Å²) < 4.78 is 0. The lowest BCUT2D eigenvalue weighted by atomic mass is 9.79. The van der Waals surface area contributed by atoms with E-state index >= 15 is 0 Å². The Morgan fingerprint density at radius 2 is 1.69 bits per heavy atom. The third-order valence-corrected chi connectivity index (χ3v) is 4.86. The first-order chi connectivity index (χ1) is 12.2. The third kappa shape index (κ3) is 4.07. The highest BCUT2D eigenvalue weighted by Crippen LogP contribution is 2.34. The van der Waals surface area contributed by atoms with Gasteiger partial charge in [-0.05, 0) is 52.7 Å². The van der Waals surface area contributed by atoms with Crippen molar-refractivity contribution in [1.82, 2.24) is 15.3 Å². The first-order valence-electron chi connectivity index (χ1n) is 9.12. The summed E-state index contributed by atoms with van der Waals surface area (Å²) in [4.78, 5) is 10.8. The zero-order chi connectivity index (χ0) is 18.9. The molecule has 0 aliphatic carbocycles. The Morgan fingerprint density at radius 3 is 2.31 bits per heavy atom. The topological polar surface area (TPSA) is 79.1 Å². The highest BCUT2D eigenvalue weighted by molar-refractivity contribution is 5.78. The molecular weight excluding hydrogens is 324 g/mol. The van der Waals surface area contributed by atoms with Crippen molar-refractivity contribution in [3.05, 3.63) is 36.7 Å². The van der Waals surface area contributed by atoms with Gasteiger partial charge in [0.25, 0.3) is 0 Å². The van der Waals surface area contributed by atoms with Crippen LogP contribution in [-0.2, 0) is 0 Å². The average molecular weight is 355 g/mol. The van der Waals surface area contributed by atoms with Crippen LogP contribution in [0.15, 0.2) is 36.7 Å². The molecule has 6 nitrogen and oxygen atoms in total. The van der Waals surface area contributed by atoms with Crippen molar-refractivity contribution in [3.63, 3.8) is 0 Å². The van der Waals surface area contributed by atoms with E-state index in [4.69, 9.17) is 5.73 Å². The van der Waals surface area contributed by atoms with E-state index in [9.17, 15) is 0 Å². The van der Waals surface area contributed by atoms with Crippen molar-refractivity contribution in [2.45, 2.75) is 57.7 Å². The van der Waals surface area contributed by atoms with Crippen molar-refractivity contribution in [2.24, 2.45) is 0 Å². The molecule has 0 saturated carbocycles. The minimum absolute atomic E-state index is 0.0604. The lowest BCUT2D eigenvalue weighted by Gasteiger charge is -2.46. The number of nitrogens with one attached hydrogen (secondary N) is 2. The molecule has 140 valence electrons. The molecule has 0 bridgehead atoms. The molecule has 1 aromatic carbocycles. The predicted octanol–water partition coefficient (Wildman–Crippen LogP) is 3.55. The number of piperidine rings is 1. The molecule has 1 saturated heterocycles. The zero-order valence-corrected chi connectivity index (χ0v) is 16.4. The van der Waals surface area contributed by atoms with E-state index in [1.165, 1.54) is 0 Å². The maximum Gasteiger partial charge on any atom is 0.161 e. The molecule has 1 aliphatic heterocycles. The Kier molecular flexibility index (Phi) is 4.80. The maximum absolute atomic E-state index is 6.43. The lowest BCUT2D eigenvalue weighted by molar-refractivity contribution is 0.170. The Balaban J connectivity index is 1.84. The van der Waals surface area contributed by atoms with E-state index < -0.39 is 0 Å². The quantitative estimate of drug-likeness (QED) is 0.779. The fraction of sp³-hybridized carbons (Fsp3) is 0.500. The van der Waals surface area contributed by atoms with Crippen molar-refractivity contribution < 1.29 is 0 Å². The fourth-order valence-electron chi connectivity index (χ4n) is 4.16. The van der Waals surface area contributed by atoms with Crippen molar-refractivity contribution >= 4 is 23.0 Å². The summed E-state index contributed by atoms with van der Waals surface area (Å²) >= 11 is 0. The molecule has 6 heteroatoms. The van der Waals surface area contributed by atoms with E-state index in [0.29, 0.717) is 23.4 Å². The van der Waals surface area contributed by atoms with Crippen LogP contribution in [0.2, 0.25) is 0 Å². The SMILES string of the molecule is CN(c1ccccc1)c1ncnc(NC2CC(C)(C)NC(C)(C)C2)c1N. The molecule has 3 rings (SSSR count). The predicted molar refractivity (Wildman–Crippen MR) is 109 cm³/mol. The molecule has 26 heavy (non-hydrogen) atoms. The highest BCUT2D eigenvalue weighted by atomic mass is 15.2. The second-order valence-corrected chi connectivity index (χ2v) is 8.50. The molecule has 1 aromatic heterocycles. The molecule has 2 heterocycles. The highest BCUT2D eigenvalue weighted by Gasteiger charge is 2.38. The molecule has 0 spiro atoms. The van der Waals surface area contributed by atoms with Gasteiger partial charge < -0.3 is 21.3 Å². The van der Waals surface area contributed by atoms with Gasteiger partial charge in [0, 0.05) is 29.9 Å². The number of nitrogens with two attached hydrogens (primary N) is 1. The minimum Gasteiger partial charge on any atom is -0.393 e. The van der Waals surface area contributed by atoms with Crippen LogP contribution >= 0.6 is 0 Å². The van der Waals surface area contributed by atoms with Gasteiger partial charge in [0.2, 0.25) is 0 Å². The number of aromatic nitrogens is 2. The zero-order valence-electron chi connectivity index (χ0n) is 16.4. The van der Waals surface area contributed by atoms with Crippen LogP contribution in [-0.4, -0.2) is 34.1 Å². The number of anilines is 4. The largest absolute Gasteiger partial charge is 0.393 e. The number of nitrogens with zero attached hydrogens (tertiary/aromatic N) is 3. The molecule has 0 amide bonds. The van der Waals surface area contributed by atoms with Crippen LogP contribution in [0.1, 0.15) is 40.5 Å². The summed E-state index contributed by atoms with van der Waals surface area (Å²) in [5, 5.41) is 7.27. The van der Waals surface area contributed by atoms with Gasteiger partial charge in [-0.25, -0.2) is 9.97 Å². The summed E-state index contributed by atoms with van der Waals surface area (Å²) in [5.41, 5.74) is 8.16. The number of nitrogen functional groups attached to an aromatic ring is 1. The van der Waals surface area contributed by atoms with E-state index in [0.717, 1.165) is 18.5 Å². The minimum atomic E-state index is 0.0604. The molecular formula is C20H30N6. The number of rotatable bonds is 4. The number of benzene rings is 1. The average Bonchev–Trinajstić information content (AvgIpc) is 2.54. The summed E-state index contributed by atoms with van der Waals surface area (Å²) in [6.07, 6.45) is 3.58. The normalized spacial score (nSPS) is 19.1. The van der Waals surface area contributed by atoms with Crippen LogP contribution in [0.3, 0.4) is 0 Å². The van der Waals surface area contributed by atoms with Crippen LogP contribution in [0.5, 0.6) is 0 Å². The van der Waals surface area contributed by atoms with E-state index in [-0.39, 0.29) is 11.1 Å². The molecule has 1 aliphatic rings. The van der Waals surface area contributed by atoms with Crippen molar-refractivity contribution in [1.29, 1.82) is 0 Å². The summed E-state index contributed by atoms with van der Waals surface area (Å²) in [7, 11) is 1.97. The fourth-order valence-corrected chi connectivity index (χ4v) is 4.16. The Hall–Kier alpha value is -2.34. The van der Waals surface area contributed by atoms with Gasteiger partial charge in [0.05, 0.1) is 0 Å². The lowest BCUT2D eigenvalue weighted by Crippen LogP contribution is -2.60. The number of hydrogen-bond donors (Lipinski definition) is 3. The second kappa shape index (κ2) is 6.76. The number of para-hydroxylation sites is 1. The van der Waals surface area contributed by atoms with Gasteiger partial charge in [0.15, 0.2) is 11.6 Å². The molecule has 0 radical (unpaired) electrons. The third-order valence-electron chi connectivity index (χ3n) is 4.86. The van der Waals surface area contributed by atoms with E-state index in [1.54, 1.807) is 6.33 Å². The van der Waals surface area contributed by atoms with Crippen LogP contribution in [0, 0.1) is 0 Å².